The molecule has 3 heterocycles. The molecule has 31 heavy (non-hydrogen) atoms. The molecular weight excluding hydrogens is 433 g/mol. The smallest absolute Gasteiger partial charge is 0.322 e. The molecule has 0 bridgehead atoms. The summed E-state index contributed by atoms with van der Waals surface area (Å²) in [5, 5.41) is 13.7. The first-order chi connectivity index (χ1) is 14.5. The predicted molar refractivity (Wildman–Crippen MR) is 93.7 cm³/mol. The van der Waals surface area contributed by atoms with Crippen molar-refractivity contribution in [1.82, 2.24) is 24.8 Å². The third-order valence-electron chi connectivity index (χ3n) is 4.18. The van der Waals surface area contributed by atoms with E-state index in [-0.39, 0.29) is 22.9 Å². The molecule has 3 aromatic heterocycles. The van der Waals surface area contributed by atoms with Crippen molar-refractivity contribution in [2.75, 3.05) is 5.32 Å². The largest absolute Gasteiger partial charge is 0.418 e. The molecule has 0 amide bonds. The Bertz CT molecular complexity index is 1260. The average Bonchev–Trinajstić information content (AvgIpc) is 3.10. The summed E-state index contributed by atoms with van der Waals surface area (Å²) in [6.45, 7) is 0. The first kappa shape index (κ1) is 20.5. The van der Waals surface area contributed by atoms with Gasteiger partial charge in [-0.25, -0.2) is 4.39 Å². The lowest BCUT2D eigenvalue weighted by Gasteiger charge is -2.13. The van der Waals surface area contributed by atoms with Crippen LogP contribution in [0, 0.1) is 5.82 Å². The summed E-state index contributed by atoms with van der Waals surface area (Å²) in [5.41, 5.74) is -3.21. The van der Waals surface area contributed by atoms with Crippen molar-refractivity contribution in [1.29, 1.82) is 0 Å². The van der Waals surface area contributed by atoms with Gasteiger partial charge in [0.1, 0.15) is 5.82 Å². The van der Waals surface area contributed by atoms with Gasteiger partial charge in [-0.1, -0.05) is 0 Å². The molecule has 13 heteroatoms. The van der Waals surface area contributed by atoms with Gasteiger partial charge in [0.2, 0.25) is 5.95 Å². The molecule has 4 aromatic rings. The summed E-state index contributed by atoms with van der Waals surface area (Å²) >= 11 is 0. The lowest BCUT2D eigenvalue weighted by molar-refractivity contribution is -0.138. The van der Waals surface area contributed by atoms with Crippen molar-refractivity contribution in [2.45, 2.75) is 12.4 Å². The maximum absolute atomic E-state index is 13.3. The summed E-state index contributed by atoms with van der Waals surface area (Å²) in [6.07, 6.45) is -7.28. The van der Waals surface area contributed by atoms with Crippen molar-refractivity contribution < 1.29 is 30.7 Å². The summed E-state index contributed by atoms with van der Waals surface area (Å²) in [4.78, 5) is 3.75. The van der Waals surface area contributed by atoms with Gasteiger partial charge in [0.25, 0.3) is 0 Å². The van der Waals surface area contributed by atoms with Crippen LogP contribution in [0.4, 0.5) is 42.4 Å². The van der Waals surface area contributed by atoms with E-state index in [2.05, 4.69) is 25.6 Å². The van der Waals surface area contributed by atoms with Gasteiger partial charge in [-0.15, -0.1) is 10.2 Å². The number of nitrogens with one attached hydrogen (secondary N) is 1. The van der Waals surface area contributed by atoms with Crippen LogP contribution in [0.25, 0.3) is 16.9 Å². The van der Waals surface area contributed by atoms with Gasteiger partial charge in [-0.2, -0.15) is 36.0 Å². The molecular formula is C18H9F7N6. The van der Waals surface area contributed by atoms with E-state index < -0.39 is 35.0 Å². The van der Waals surface area contributed by atoms with Gasteiger partial charge in [-0.3, -0.25) is 4.98 Å². The number of rotatable bonds is 3. The summed E-state index contributed by atoms with van der Waals surface area (Å²) in [7, 11) is 0. The quantitative estimate of drug-likeness (QED) is 0.447. The highest BCUT2D eigenvalue weighted by atomic mass is 19.4. The van der Waals surface area contributed by atoms with Gasteiger partial charge in [0.05, 0.1) is 28.7 Å². The lowest BCUT2D eigenvalue weighted by Crippen LogP contribution is -2.11. The number of nitrogens with zero attached hydrogens (tertiary/aromatic N) is 5. The Morgan fingerprint density at radius 2 is 1.61 bits per heavy atom. The van der Waals surface area contributed by atoms with E-state index in [0.29, 0.717) is 6.07 Å². The van der Waals surface area contributed by atoms with E-state index in [9.17, 15) is 30.7 Å². The molecule has 6 nitrogen and oxygen atoms in total. The van der Waals surface area contributed by atoms with Crippen molar-refractivity contribution in [3.05, 3.63) is 65.7 Å². The van der Waals surface area contributed by atoms with Crippen molar-refractivity contribution in [3.63, 3.8) is 0 Å². The number of hydrogen-bond donors (Lipinski definition) is 1. The van der Waals surface area contributed by atoms with E-state index in [4.69, 9.17) is 0 Å². The van der Waals surface area contributed by atoms with E-state index in [0.717, 1.165) is 35.0 Å². The van der Waals surface area contributed by atoms with Crippen LogP contribution in [0.3, 0.4) is 0 Å². The van der Waals surface area contributed by atoms with E-state index >= 15 is 0 Å². The van der Waals surface area contributed by atoms with Crippen LogP contribution in [-0.4, -0.2) is 24.8 Å². The summed E-state index contributed by atoms with van der Waals surface area (Å²) in [6, 6.07) is 5.22. The minimum Gasteiger partial charge on any atom is -0.322 e. The zero-order valence-electron chi connectivity index (χ0n) is 15.0. The summed E-state index contributed by atoms with van der Waals surface area (Å²) in [5.74, 6) is -1.33. The topological polar surface area (TPSA) is 68.0 Å². The monoisotopic (exact) mass is 442 g/mol. The Hall–Kier alpha value is -3.77. The fourth-order valence-corrected chi connectivity index (χ4v) is 2.84. The van der Waals surface area contributed by atoms with Crippen LogP contribution >= 0.6 is 0 Å². The van der Waals surface area contributed by atoms with Crippen LogP contribution in [0.5, 0.6) is 0 Å². The third-order valence-corrected chi connectivity index (χ3v) is 4.18. The first-order valence-corrected chi connectivity index (χ1v) is 8.42. The first-order valence-electron chi connectivity index (χ1n) is 8.42. The molecule has 1 N–H and O–H groups in total. The van der Waals surface area contributed by atoms with Gasteiger partial charge in [0.15, 0.2) is 5.65 Å². The fourth-order valence-electron chi connectivity index (χ4n) is 2.84. The van der Waals surface area contributed by atoms with Crippen LogP contribution in [0.1, 0.15) is 11.1 Å². The molecule has 0 spiro atoms. The number of fused-ring (bicyclic) bond motifs is 1. The molecule has 4 rings (SSSR count). The van der Waals surface area contributed by atoms with Gasteiger partial charge in [-0.05, 0) is 36.4 Å². The maximum Gasteiger partial charge on any atom is 0.418 e. The van der Waals surface area contributed by atoms with Crippen LogP contribution in [-0.2, 0) is 12.4 Å². The molecule has 0 radical (unpaired) electrons. The minimum atomic E-state index is -4.85. The number of halogens is 7. The standard InChI is InChI=1S/C18H9F7N6/c19-10-3-4-13(12(7-10)18(23,24)25)28-16-30-29-14-6-9(8-27-31(14)16)15-11(17(20,21)22)2-1-5-26-15/h1-8H,(H,28,30). The molecule has 0 aliphatic carbocycles. The molecule has 0 atom stereocenters. The minimum absolute atomic E-state index is 0.0165. The zero-order chi connectivity index (χ0) is 22.4. The number of hydrogen-bond acceptors (Lipinski definition) is 5. The Labute approximate surface area is 168 Å². The van der Waals surface area contributed by atoms with Crippen molar-refractivity contribution >= 4 is 17.3 Å². The molecule has 0 saturated heterocycles. The highest BCUT2D eigenvalue weighted by molar-refractivity contribution is 5.68. The molecule has 1 aromatic carbocycles. The van der Waals surface area contributed by atoms with E-state index in [1.165, 1.54) is 12.3 Å². The van der Waals surface area contributed by atoms with Crippen LogP contribution in [0.15, 0.2) is 48.8 Å². The Morgan fingerprint density at radius 3 is 2.32 bits per heavy atom. The van der Waals surface area contributed by atoms with Crippen molar-refractivity contribution in [3.8, 4) is 11.3 Å². The number of aromatic nitrogens is 5. The molecule has 0 aliphatic rings. The fraction of sp³-hybridized carbons (Fsp3) is 0.111. The molecule has 0 saturated carbocycles. The Kier molecular flexibility index (Phi) is 4.75. The van der Waals surface area contributed by atoms with E-state index in [1.54, 1.807) is 0 Å². The zero-order valence-corrected chi connectivity index (χ0v) is 15.0. The van der Waals surface area contributed by atoms with Gasteiger partial charge >= 0.3 is 12.4 Å². The van der Waals surface area contributed by atoms with Crippen LogP contribution in [0.2, 0.25) is 0 Å². The third kappa shape index (κ3) is 3.98. The SMILES string of the molecule is Fc1ccc(Nc2nnc3cc(-c4ncccc4C(F)(F)F)cnn23)c(C(F)(F)F)c1. The number of alkyl halides is 6. The average molecular weight is 442 g/mol. The second-order valence-corrected chi connectivity index (χ2v) is 6.25. The number of pyridine rings is 1. The molecule has 0 aliphatic heterocycles. The molecule has 0 fully saturated rings. The van der Waals surface area contributed by atoms with Gasteiger partial charge in [0, 0.05) is 11.8 Å². The summed E-state index contributed by atoms with van der Waals surface area (Å²) < 4.78 is 93.5. The van der Waals surface area contributed by atoms with Gasteiger partial charge < -0.3 is 5.32 Å². The predicted octanol–water partition coefficient (Wildman–Crippen LogP) is 5.11. The highest BCUT2D eigenvalue weighted by Gasteiger charge is 2.35. The van der Waals surface area contributed by atoms with E-state index in [1.807, 2.05) is 0 Å². The maximum atomic E-state index is 13.3. The number of anilines is 2. The Balaban J connectivity index is 1.74. The van der Waals surface area contributed by atoms with Crippen molar-refractivity contribution in [2.24, 2.45) is 0 Å². The lowest BCUT2D eigenvalue weighted by atomic mass is 10.1. The normalized spacial score (nSPS) is 12.4. The molecule has 0 unspecified atom stereocenters. The molecule has 160 valence electrons. The highest BCUT2D eigenvalue weighted by Crippen LogP contribution is 2.37. The second kappa shape index (κ2) is 7.18. The number of benzene rings is 1. The van der Waals surface area contributed by atoms with Crippen LogP contribution < -0.4 is 5.32 Å². The second-order valence-electron chi connectivity index (χ2n) is 6.25. The Morgan fingerprint density at radius 1 is 0.871 bits per heavy atom.